The molecule has 2 N–H and O–H groups in total. The average Bonchev–Trinajstić information content (AvgIpc) is 2.38. The van der Waals surface area contributed by atoms with E-state index < -0.39 is 11.7 Å². The van der Waals surface area contributed by atoms with Gasteiger partial charge in [0, 0.05) is 17.8 Å². The minimum atomic E-state index is -0.574. The highest BCUT2D eigenvalue weighted by Crippen LogP contribution is 2.18. The maximum Gasteiger partial charge on any atom is 0.259 e. The molecule has 0 spiro atoms. The number of pyridine rings is 1. The van der Waals surface area contributed by atoms with Crippen LogP contribution in [0.25, 0.3) is 0 Å². The first-order valence-corrected chi connectivity index (χ1v) is 5.88. The van der Waals surface area contributed by atoms with Crippen molar-refractivity contribution in [2.75, 3.05) is 17.7 Å². The Labute approximate surface area is 114 Å². The van der Waals surface area contributed by atoms with Crippen molar-refractivity contribution in [2.45, 2.75) is 0 Å². The van der Waals surface area contributed by atoms with Gasteiger partial charge in [-0.15, -0.1) is 0 Å². The Bertz CT molecular complexity index is 619. The van der Waals surface area contributed by atoms with Crippen molar-refractivity contribution in [3.05, 3.63) is 52.9 Å². The van der Waals surface area contributed by atoms with Crippen molar-refractivity contribution in [2.24, 2.45) is 0 Å². The van der Waals surface area contributed by atoms with Gasteiger partial charge in [0.25, 0.3) is 5.91 Å². The van der Waals surface area contributed by atoms with E-state index >= 15 is 0 Å². The van der Waals surface area contributed by atoms with E-state index in [9.17, 15) is 9.18 Å². The predicted octanol–water partition coefficient (Wildman–Crippen LogP) is 3.17. The van der Waals surface area contributed by atoms with Crippen LogP contribution in [0, 0.1) is 5.82 Å². The summed E-state index contributed by atoms with van der Waals surface area (Å²) in [5.41, 5.74) is 0.659. The maximum absolute atomic E-state index is 13.2. The molecule has 0 aliphatic rings. The zero-order valence-corrected chi connectivity index (χ0v) is 10.8. The van der Waals surface area contributed by atoms with E-state index in [-0.39, 0.29) is 5.56 Å². The number of benzene rings is 1. The number of nitrogens with one attached hydrogen (secondary N) is 2. The number of amides is 1. The van der Waals surface area contributed by atoms with Crippen molar-refractivity contribution in [1.82, 2.24) is 4.98 Å². The van der Waals surface area contributed by atoms with Gasteiger partial charge in [-0.05, 0) is 24.3 Å². The van der Waals surface area contributed by atoms with E-state index in [2.05, 4.69) is 15.6 Å². The number of anilines is 2. The number of nitrogens with zero attached hydrogens (tertiary/aromatic N) is 1. The molecule has 0 saturated carbocycles. The van der Waals surface area contributed by atoms with E-state index in [0.717, 1.165) is 12.3 Å². The number of hydrogen-bond donors (Lipinski definition) is 2. The second-order valence-electron chi connectivity index (χ2n) is 3.76. The number of carbonyl (C=O) groups is 1. The molecule has 1 aromatic carbocycles. The molecule has 0 atom stereocenters. The van der Waals surface area contributed by atoms with Crippen LogP contribution in [0.5, 0.6) is 0 Å². The Morgan fingerprint density at radius 2 is 2.16 bits per heavy atom. The lowest BCUT2D eigenvalue weighted by atomic mass is 10.2. The molecule has 0 bridgehead atoms. The molecule has 0 aliphatic heterocycles. The summed E-state index contributed by atoms with van der Waals surface area (Å²) in [5.74, 6) is -0.727. The molecule has 1 amide bonds. The molecule has 1 heterocycles. The fraction of sp³-hybridized carbons (Fsp3) is 0.0769. The SMILES string of the molecule is CNc1ncc(F)cc1C(=O)Nc1cccc(Cl)c1. The van der Waals surface area contributed by atoms with Crippen molar-refractivity contribution in [1.29, 1.82) is 0 Å². The Hall–Kier alpha value is -2.14. The van der Waals surface area contributed by atoms with Gasteiger partial charge >= 0.3 is 0 Å². The normalized spacial score (nSPS) is 10.1. The lowest BCUT2D eigenvalue weighted by molar-refractivity contribution is 0.102. The quantitative estimate of drug-likeness (QED) is 0.907. The summed E-state index contributed by atoms with van der Waals surface area (Å²) in [6.07, 6.45) is 1.04. The number of carbonyl (C=O) groups excluding carboxylic acids is 1. The zero-order valence-electron chi connectivity index (χ0n) is 10.1. The smallest absolute Gasteiger partial charge is 0.259 e. The maximum atomic E-state index is 13.2. The first kappa shape index (κ1) is 13.3. The van der Waals surface area contributed by atoms with Crippen LogP contribution in [0.3, 0.4) is 0 Å². The van der Waals surface area contributed by atoms with Gasteiger partial charge in [-0.3, -0.25) is 4.79 Å². The lowest BCUT2D eigenvalue weighted by Gasteiger charge is -2.09. The first-order valence-electron chi connectivity index (χ1n) is 5.50. The largest absolute Gasteiger partial charge is 0.372 e. The van der Waals surface area contributed by atoms with E-state index in [1.54, 1.807) is 31.3 Å². The van der Waals surface area contributed by atoms with Gasteiger partial charge in [0.05, 0.1) is 11.8 Å². The molecule has 0 unspecified atom stereocenters. The molecule has 1 aromatic heterocycles. The van der Waals surface area contributed by atoms with E-state index in [4.69, 9.17) is 11.6 Å². The highest BCUT2D eigenvalue weighted by Gasteiger charge is 2.13. The third-order valence-corrected chi connectivity index (χ3v) is 2.65. The van der Waals surface area contributed by atoms with Crippen LogP contribution in [0.15, 0.2) is 36.5 Å². The minimum Gasteiger partial charge on any atom is -0.372 e. The van der Waals surface area contributed by atoms with Gasteiger partial charge in [-0.1, -0.05) is 17.7 Å². The molecule has 2 aromatic rings. The molecule has 2 rings (SSSR count). The summed E-state index contributed by atoms with van der Waals surface area (Å²) in [4.78, 5) is 15.9. The molecule has 4 nitrogen and oxygen atoms in total. The summed E-state index contributed by atoms with van der Waals surface area (Å²) in [5, 5.41) is 5.87. The molecule has 6 heteroatoms. The zero-order chi connectivity index (χ0) is 13.8. The van der Waals surface area contributed by atoms with Crippen LogP contribution in [0.2, 0.25) is 5.02 Å². The molecule has 0 fully saturated rings. The Balaban J connectivity index is 2.27. The highest BCUT2D eigenvalue weighted by molar-refractivity contribution is 6.31. The first-order chi connectivity index (χ1) is 9.10. The van der Waals surface area contributed by atoms with Crippen LogP contribution in [-0.4, -0.2) is 17.9 Å². The molecule has 98 valence electrons. The van der Waals surface area contributed by atoms with Crippen LogP contribution in [0.4, 0.5) is 15.9 Å². The molecule has 0 radical (unpaired) electrons. The standard InChI is InChI=1S/C13H11ClFN3O/c1-16-12-11(6-9(15)7-17-12)13(19)18-10-4-2-3-8(14)5-10/h2-7H,1H3,(H,16,17)(H,18,19). The van der Waals surface area contributed by atoms with Crippen LogP contribution >= 0.6 is 11.6 Å². The van der Waals surface area contributed by atoms with E-state index in [1.807, 2.05) is 0 Å². The van der Waals surface area contributed by atoms with Gasteiger partial charge in [-0.2, -0.15) is 0 Å². The number of rotatable bonds is 3. The van der Waals surface area contributed by atoms with Gasteiger partial charge in [-0.25, -0.2) is 9.37 Å². The van der Waals surface area contributed by atoms with Crippen LogP contribution in [-0.2, 0) is 0 Å². The summed E-state index contributed by atoms with van der Waals surface area (Å²) >= 11 is 5.82. The Morgan fingerprint density at radius 1 is 1.37 bits per heavy atom. The van der Waals surface area contributed by atoms with Gasteiger partial charge in [0.15, 0.2) is 0 Å². The molecular formula is C13H11ClFN3O. The number of halogens is 2. The van der Waals surface area contributed by atoms with Crippen molar-refractivity contribution < 1.29 is 9.18 Å². The Morgan fingerprint density at radius 3 is 2.84 bits per heavy atom. The summed E-state index contributed by atoms with van der Waals surface area (Å²) < 4.78 is 13.2. The minimum absolute atomic E-state index is 0.127. The van der Waals surface area contributed by atoms with E-state index in [0.29, 0.717) is 16.5 Å². The second kappa shape index (κ2) is 5.67. The van der Waals surface area contributed by atoms with Gasteiger partial charge in [0.1, 0.15) is 11.6 Å². The Kier molecular flexibility index (Phi) is 3.97. The third kappa shape index (κ3) is 3.20. The van der Waals surface area contributed by atoms with Crippen molar-refractivity contribution >= 4 is 29.0 Å². The number of aromatic nitrogens is 1. The van der Waals surface area contributed by atoms with Crippen molar-refractivity contribution in [3.8, 4) is 0 Å². The third-order valence-electron chi connectivity index (χ3n) is 2.42. The van der Waals surface area contributed by atoms with E-state index in [1.165, 1.54) is 0 Å². The fourth-order valence-electron chi connectivity index (χ4n) is 1.58. The van der Waals surface area contributed by atoms with Gasteiger partial charge in [0.2, 0.25) is 0 Å². The second-order valence-corrected chi connectivity index (χ2v) is 4.20. The predicted molar refractivity (Wildman–Crippen MR) is 73.1 cm³/mol. The average molecular weight is 280 g/mol. The lowest BCUT2D eigenvalue weighted by Crippen LogP contribution is -2.15. The topological polar surface area (TPSA) is 54.0 Å². The molecule has 0 saturated heterocycles. The fourth-order valence-corrected chi connectivity index (χ4v) is 1.77. The van der Waals surface area contributed by atoms with Crippen molar-refractivity contribution in [3.63, 3.8) is 0 Å². The van der Waals surface area contributed by atoms with Crippen LogP contribution < -0.4 is 10.6 Å². The molecular weight excluding hydrogens is 269 g/mol. The summed E-state index contributed by atoms with van der Waals surface area (Å²) in [6, 6.07) is 7.82. The van der Waals surface area contributed by atoms with Gasteiger partial charge < -0.3 is 10.6 Å². The summed E-state index contributed by atoms with van der Waals surface area (Å²) in [6.45, 7) is 0. The highest BCUT2D eigenvalue weighted by atomic mass is 35.5. The summed E-state index contributed by atoms with van der Waals surface area (Å²) in [7, 11) is 1.61. The number of hydrogen-bond acceptors (Lipinski definition) is 3. The molecule has 19 heavy (non-hydrogen) atoms. The monoisotopic (exact) mass is 279 g/mol. The molecule has 0 aliphatic carbocycles. The van der Waals surface area contributed by atoms with Crippen LogP contribution in [0.1, 0.15) is 10.4 Å².